The number of nitrogens with zero attached hydrogens (tertiary/aromatic N) is 1. The molecule has 0 bridgehead atoms. The summed E-state index contributed by atoms with van der Waals surface area (Å²) in [6.07, 6.45) is 0. The Morgan fingerprint density at radius 1 is 1.00 bits per heavy atom. The van der Waals surface area contributed by atoms with Crippen LogP contribution in [0.1, 0.15) is 54.0 Å². The lowest BCUT2D eigenvalue weighted by Crippen LogP contribution is -2.43. The third-order valence-corrected chi connectivity index (χ3v) is 3.52. The Morgan fingerprint density at radius 3 is 2.18 bits per heavy atom. The number of rotatable bonds is 7. The van der Waals surface area contributed by atoms with Gasteiger partial charge < -0.3 is 20.7 Å². The van der Waals surface area contributed by atoms with Crippen molar-refractivity contribution >= 4 is 35.8 Å². The lowest BCUT2D eigenvalue weighted by Gasteiger charge is -2.23. The van der Waals surface area contributed by atoms with Crippen molar-refractivity contribution in [1.29, 1.82) is 0 Å². The van der Waals surface area contributed by atoms with E-state index in [1.165, 1.54) is 0 Å². The highest BCUT2D eigenvalue weighted by atomic mass is 127. The van der Waals surface area contributed by atoms with Gasteiger partial charge in [-0.05, 0) is 33.8 Å². The van der Waals surface area contributed by atoms with Crippen LogP contribution in [0.2, 0.25) is 0 Å². The predicted molar refractivity (Wildman–Crippen MR) is 128 cm³/mol. The summed E-state index contributed by atoms with van der Waals surface area (Å²) in [7, 11) is 0. The van der Waals surface area contributed by atoms with E-state index in [-0.39, 0.29) is 40.9 Å². The largest absolute Gasteiger partial charge is 0.488 e. The predicted octanol–water partition coefficient (Wildman–Crippen LogP) is 3.70. The first-order valence-electron chi connectivity index (χ1n) is 9.60. The van der Waals surface area contributed by atoms with Crippen molar-refractivity contribution in [1.82, 2.24) is 16.0 Å². The van der Waals surface area contributed by atoms with Crippen molar-refractivity contribution in [2.75, 3.05) is 19.6 Å². The van der Waals surface area contributed by atoms with Crippen molar-refractivity contribution in [3.63, 3.8) is 0 Å². The van der Waals surface area contributed by atoms with Gasteiger partial charge in [0.15, 0.2) is 5.96 Å². The third kappa shape index (κ3) is 10.7. The molecule has 0 aliphatic heterocycles. The number of carbonyl (C=O) groups is 1. The van der Waals surface area contributed by atoms with Gasteiger partial charge >= 0.3 is 0 Å². The van der Waals surface area contributed by atoms with E-state index in [1.54, 1.807) is 0 Å². The molecular weight excluding hydrogens is 467 g/mol. The monoisotopic (exact) mass is 504 g/mol. The van der Waals surface area contributed by atoms with Gasteiger partial charge in [-0.25, -0.2) is 4.99 Å². The number of ether oxygens (including phenoxy) is 1. The summed E-state index contributed by atoms with van der Waals surface area (Å²) in [5.41, 5.74) is 0.397. The Morgan fingerprint density at radius 2 is 1.61 bits per heavy atom. The van der Waals surface area contributed by atoms with Gasteiger partial charge in [-0.1, -0.05) is 39.0 Å². The summed E-state index contributed by atoms with van der Waals surface area (Å²) in [6, 6.07) is 7.95. The number of guanidine groups is 1. The van der Waals surface area contributed by atoms with E-state index in [9.17, 15) is 4.79 Å². The molecule has 0 saturated carbocycles. The molecule has 0 fully saturated rings. The highest BCUT2D eigenvalue weighted by Crippen LogP contribution is 2.23. The van der Waals surface area contributed by atoms with Crippen molar-refractivity contribution in [3.05, 3.63) is 29.8 Å². The first-order chi connectivity index (χ1) is 12.5. The summed E-state index contributed by atoms with van der Waals surface area (Å²) in [5, 5.41) is 9.40. The molecule has 0 saturated heterocycles. The number of hydrogen-bond donors (Lipinski definition) is 3. The molecule has 0 radical (unpaired) electrons. The molecule has 160 valence electrons. The molecule has 1 aromatic rings. The van der Waals surface area contributed by atoms with Crippen molar-refractivity contribution in [2.45, 2.75) is 60.6 Å². The summed E-state index contributed by atoms with van der Waals surface area (Å²) in [4.78, 5) is 16.5. The number of para-hydroxylation sites is 1. The van der Waals surface area contributed by atoms with Gasteiger partial charge in [-0.15, -0.1) is 24.0 Å². The Hall–Kier alpha value is -1.51. The maximum Gasteiger partial charge on any atom is 0.225 e. The van der Waals surface area contributed by atoms with Crippen molar-refractivity contribution < 1.29 is 9.53 Å². The zero-order valence-corrected chi connectivity index (χ0v) is 20.6. The van der Waals surface area contributed by atoms with Crippen LogP contribution in [-0.4, -0.2) is 37.1 Å². The first-order valence-corrected chi connectivity index (χ1v) is 9.60. The van der Waals surface area contributed by atoms with Crippen LogP contribution in [0.5, 0.6) is 5.75 Å². The van der Waals surface area contributed by atoms with Gasteiger partial charge in [0.25, 0.3) is 0 Å². The van der Waals surface area contributed by atoms with Crippen molar-refractivity contribution in [3.8, 4) is 5.75 Å². The highest BCUT2D eigenvalue weighted by Gasteiger charge is 2.20. The minimum Gasteiger partial charge on any atom is -0.488 e. The Bertz CT molecular complexity index is 634. The molecular formula is C21H37IN4O2. The van der Waals surface area contributed by atoms with Gasteiger partial charge in [0, 0.05) is 30.6 Å². The van der Waals surface area contributed by atoms with Gasteiger partial charge in [-0.2, -0.15) is 0 Å². The maximum absolute atomic E-state index is 11.9. The molecule has 0 unspecified atom stereocenters. The van der Waals surface area contributed by atoms with E-state index in [1.807, 2.05) is 72.7 Å². The number of amides is 1. The average molecular weight is 504 g/mol. The normalized spacial score (nSPS) is 12.0. The zero-order valence-electron chi connectivity index (χ0n) is 18.3. The molecule has 28 heavy (non-hydrogen) atoms. The number of aliphatic imine (C=N–C) groups is 1. The van der Waals surface area contributed by atoms with Crippen LogP contribution in [0, 0.1) is 5.41 Å². The molecule has 0 aromatic heterocycles. The fraction of sp³-hybridized carbons (Fsp3) is 0.619. The van der Waals surface area contributed by atoms with Gasteiger partial charge in [0.2, 0.25) is 5.91 Å². The second-order valence-corrected chi connectivity index (χ2v) is 8.45. The minimum atomic E-state index is -0.380. The van der Waals surface area contributed by atoms with Crippen LogP contribution >= 0.6 is 24.0 Å². The molecule has 0 aliphatic carbocycles. The lowest BCUT2D eigenvalue weighted by molar-refractivity contribution is -0.128. The molecule has 7 heteroatoms. The Kier molecular flexibility index (Phi) is 11.5. The van der Waals surface area contributed by atoms with E-state index in [0.29, 0.717) is 25.6 Å². The van der Waals surface area contributed by atoms with Crippen LogP contribution in [0.25, 0.3) is 0 Å². The van der Waals surface area contributed by atoms with E-state index < -0.39 is 0 Å². The van der Waals surface area contributed by atoms with Gasteiger partial charge in [-0.3, -0.25) is 4.79 Å². The second-order valence-electron chi connectivity index (χ2n) is 8.45. The van der Waals surface area contributed by atoms with Crippen LogP contribution in [0.4, 0.5) is 0 Å². The SMILES string of the molecule is CCNC(=NCc1ccccc1OC(C)(C)C)NCCNC(=O)C(C)(C)C.I. The summed E-state index contributed by atoms with van der Waals surface area (Å²) in [6.45, 7) is 16.2. The molecule has 0 spiro atoms. The van der Waals surface area contributed by atoms with Crippen LogP contribution in [0.3, 0.4) is 0 Å². The number of benzene rings is 1. The fourth-order valence-corrected chi connectivity index (χ4v) is 2.19. The number of nitrogens with one attached hydrogen (secondary N) is 3. The summed E-state index contributed by atoms with van der Waals surface area (Å²) < 4.78 is 6.02. The molecule has 0 atom stereocenters. The number of hydrogen-bond acceptors (Lipinski definition) is 3. The highest BCUT2D eigenvalue weighted by molar-refractivity contribution is 14.0. The standard InChI is InChI=1S/C21H36N4O2.HI/c1-8-22-19(24-14-13-23-18(26)20(2,3)4)25-15-16-11-9-10-12-17(16)27-21(5,6)7;/h9-12H,8,13-15H2,1-7H3,(H,23,26)(H2,22,24,25);1H. The number of carbonyl (C=O) groups excluding carboxylic acids is 1. The molecule has 1 aromatic carbocycles. The smallest absolute Gasteiger partial charge is 0.225 e. The average Bonchev–Trinajstić information content (AvgIpc) is 2.55. The van der Waals surface area contributed by atoms with Crippen molar-refractivity contribution in [2.24, 2.45) is 10.4 Å². The molecule has 1 rings (SSSR count). The third-order valence-electron chi connectivity index (χ3n) is 3.52. The molecule has 3 N–H and O–H groups in total. The molecule has 1 amide bonds. The lowest BCUT2D eigenvalue weighted by atomic mass is 9.96. The van der Waals surface area contributed by atoms with E-state index >= 15 is 0 Å². The quantitative estimate of drug-likeness (QED) is 0.229. The van der Waals surface area contributed by atoms with Gasteiger partial charge in [0.05, 0.1) is 6.54 Å². The first kappa shape index (κ1) is 26.5. The Labute approximate surface area is 187 Å². The maximum atomic E-state index is 11.9. The van der Waals surface area contributed by atoms with E-state index in [2.05, 4.69) is 20.9 Å². The summed E-state index contributed by atoms with van der Waals surface area (Å²) in [5.74, 6) is 1.61. The zero-order chi connectivity index (χ0) is 20.5. The van der Waals surface area contributed by atoms with Crippen LogP contribution < -0.4 is 20.7 Å². The Balaban J connectivity index is 0.00000729. The van der Waals surface area contributed by atoms with Gasteiger partial charge in [0.1, 0.15) is 11.4 Å². The van der Waals surface area contributed by atoms with Crippen LogP contribution in [-0.2, 0) is 11.3 Å². The minimum absolute atomic E-state index is 0. The fourth-order valence-electron chi connectivity index (χ4n) is 2.19. The molecule has 0 aliphatic rings. The van der Waals surface area contributed by atoms with Crippen LogP contribution in [0.15, 0.2) is 29.3 Å². The van der Waals surface area contributed by atoms with E-state index in [0.717, 1.165) is 17.9 Å². The topological polar surface area (TPSA) is 74.8 Å². The molecule has 0 heterocycles. The number of halogens is 1. The van der Waals surface area contributed by atoms with E-state index in [4.69, 9.17) is 4.74 Å². The summed E-state index contributed by atoms with van der Waals surface area (Å²) >= 11 is 0. The molecule has 6 nitrogen and oxygen atoms in total. The second kappa shape index (κ2) is 12.1.